The van der Waals surface area contributed by atoms with Crippen molar-refractivity contribution in [2.45, 2.75) is 32.0 Å². The van der Waals surface area contributed by atoms with Gasteiger partial charge >= 0.3 is 12.1 Å². The molecule has 2 aromatic rings. The second-order valence-electron chi connectivity index (χ2n) is 6.79. The van der Waals surface area contributed by atoms with E-state index < -0.39 is 42.5 Å². The summed E-state index contributed by atoms with van der Waals surface area (Å²) in [6, 6.07) is 16.0. The Morgan fingerprint density at radius 3 is 2.03 bits per heavy atom. The molecule has 0 aliphatic rings. The fourth-order valence-corrected chi connectivity index (χ4v) is 2.65. The number of carboxylic acids is 1. The Hall–Kier alpha value is -3.88. The van der Waals surface area contributed by atoms with Crippen LogP contribution >= 0.6 is 0 Å². The average molecular weight is 427 g/mol. The van der Waals surface area contributed by atoms with Gasteiger partial charge in [0.2, 0.25) is 11.8 Å². The van der Waals surface area contributed by atoms with Gasteiger partial charge in [-0.05, 0) is 18.1 Å². The SMILES string of the molecule is C[C@H](NC(=O)OCc1ccccc1)C(=O)N[C@@H](Cc1ccccc1)C(=O)NCC(=O)O. The van der Waals surface area contributed by atoms with E-state index in [-0.39, 0.29) is 13.0 Å². The van der Waals surface area contributed by atoms with E-state index in [0.717, 1.165) is 11.1 Å². The lowest BCUT2D eigenvalue weighted by molar-refractivity contribution is -0.138. The van der Waals surface area contributed by atoms with Gasteiger partial charge in [-0.3, -0.25) is 14.4 Å². The molecule has 0 heterocycles. The summed E-state index contributed by atoms with van der Waals surface area (Å²) in [5.74, 6) is -2.45. The fraction of sp³-hybridized carbons (Fsp3) is 0.273. The van der Waals surface area contributed by atoms with Crippen molar-refractivity contribution in [3.8, 4) is 0 Å². The van der Waals surface area contributed by atoms with Crippen LogP contribution in [0.3, 0.4) is 0 Å². The van der Waals surface area contributed by atoms with Gasteiger partial charge in [-0.25, -0.2) is 4.79 Å². The highest BCUT2D eigenvalue weighted by atomic mass is 16.5. The highest BCUT2D eigenvalue weighted by Gasteiger charge is 2.25. The van der Waals surface area contributed by atoms with E-state index in [1.165, 1.54) is 6.92 Å². The van der Waals surface area contributed by atoms with Crippen LogP contribution in [0.25, 0.3) is 0 Å². The second-order valence-corrected chi connectivity index (χ2v) is 6.79. The second kappa shape index (κ2) is 12.0. The van der Waals surface area contributed by atoms with Crippen LogP contribution in [0, 0.1) is 0 Å². The van der Waals surface area contributed by atoms with Crippen molar-refractivity contribution in [1.29, 1.82) is 0 Å². The Labute approximate surface area is 179 Å². The maximum Gasteiger partial charge on any atom is 0.408 e. The molecule has 0 aliphatic carbocycles. The maximum atomic E-state index is 12.5. The summed E-state index contributed by atoms with van der Waals surface area (Å²) in [7, 11) is 0. The Morgan fingerprint density at radius 2 is 1.45 bits per heavy atom. The third-order valence-electron chi connectivity index (χ3n) is 4.27. The number of carbonyl (C=O) groups is 4. The molecule has 164 valence electrons. The maximum absolute atomic E-state index is 12.5. The lowest BCUT2D eigenvalue weighted by Crippen LogP contribution is -2.54. The molecule has 0 bridgehead atoms. The highest BCUT2D eigenvalue weighted by molar-refractivity contribution is 5.92. The first-order valence-corrected chi connectivity index (χ1v) is 9.66. The van der Waals surface area contributed by atoms with Gasteiger partial charge in [0.25, 0.3) is 0 Å². The number of ether oxygens (including phenoxy) is 1. The summed E-state index contributed by atoms with van der Waals surface area (Å²) >= 11 is 0. The lowest BCUT2D eigenvalue weighted by atomic mass is 10.0. The molecule has 3 amide bonds. The standard InChI is InChI=1S/C22H25N3O6/c1-15(24-22(30)31-14-17-10-6-3-7-11-17)20(28)25-18(21(29)23-13-19(26)27)12-16-8-4-2-5-9-16/h2-11,15,18H,12-14H2,1H3,(H,23,29)(H,24,30)(H,25,28)(H,26,27)/t15-,18-/m0/s1. The number of amides is 3. The van der Waals surface area contributed by atoms with Gasteiger partial charge in [0.15, 0.2) is 0 Å². The number of nitrogens with one attached hydrogen (secondary N) is 3. The minimum atomic E-state index is -1.20. The van der Waals surface area contributed by atoms with Crippen molar-refractivity contribution in [2.24, 2.45) is 0 Å². The lowest BCUT2D eigenvalue weighted by Gasteiger charge is -2.21. The van der Waals surface area contributed by atoms with Crippen LogP contribution in [-0.4, -0.2) is 47.6 Å². The van der Waals surface area contributed by atoms with Crippen LogP contribution in [0.5, 0.6) is 0 Å². The topological polar surface area (TPSA) is 134 Å². The zero-order chi connectivity index (χ0) is 22.6. The van der Waals surface area contributed by atoms with Crippen molar-refractivity contribution in [3.63, 3.8) is 0 Å². The van der Waals surface area contributed by atoms with E-state index in [4.69, 9.17) is 9.84 Å². The number of hydrogen-bond acceptors (Lipinski definition) is 5. The Kier molecular flexibility index (Phi) is 9.03. The Balaban J connectivity index is 1.92. The molecule has 0 spiro atoms. The summed E-state index contributed by atoms with van der Waals surface area (Å²) in [4.78, 5) is 47.6. The van der Waals surface area contributed by atoms with E-state index in [2.05, 4.69) is 16.0 Å². The molecule has 2 atom stereocenters. The third-order valence-corrected chi connectivity index (χ3v) is 4.27. The molecule has 2 aromatic carbocycles. The first kappa shape index (κ1) is 23.4. The van der Waals surface area contributed by atoms with Gasteiger partial charge in [-0.15, -0.1) is 0 Å². The zero-order valence-electron chi connectivity index (χ0n) is 17.0. The molecule has 9 nitrogen and oxygen atoms in total. The summed E-state index contributed by atoms with van der Waals surface area (Å²) in [6.07, 6.45) is -0.620. The van der Waals surface area contributed by atoms with Gasteiger partial charge in [0, 0.05) is 6.42 Å². The molecule has 0 radical (unpaired) electrons. The molecular weight excluding hydrogens is 402 g/mol. The normalized spacial score (nSPS) is 12.2. The summed E-state index contributed by atoms with van der Waals surface area (Å²) in [6.45, 7) is 0.933. The van der Waals surface area contributed by atoms with Gasteiger partial charge in [0.05, 0.1) is 0 Å². The number of alkyl carbamates (subject to hydrolysis) is 1. The quantitative estimate of drug-likeness (QED) is 0.451. The minimum Gasteiger partial charge on any atom is -0.480 e. The molecule has 4 N–H and O–H groups in total. The van der Waals surface area contributed by atoms with Crippen LogP contribution in [0.1, 0.15) is 18.1 Å². The number of rotatable bonds is 10. The van der Waals surface area contributed by atoms with Crippen LogP contribution in [0.2, 0.25) is 0 Å². The number of carboxylic acid groups (broad SMARTS) is 1. The molecule has 31 heavy (non-hydrogen) atoms. The van der Waals surface area contributed by atoms with Gasteiger partial charge in [-0.2, -0.15) is 0 Å². The minimum absolute atomic E-state index is 0.0508. The summed E-state index contributed by atoms with van der Waals surface area (Å²) in [5.41, 5.74) is 1.58. The molecule has 0 aromatic heterocycles. The van der Waals surface area contributed by atoms with Gasteiger partial charge in [-0.1, -0.05) is 60.7 Å². The molecule has 0 unspecified atom stereocenters. The van der Waals surface area contributed by atoms with Crippen LogP contribution < -0.4 is 16.0 Å². The van der Waals surface area contributed by atoms with E-state index in [9.17, 15) is 19.2 Å². The molecule has 0 saturated heterocycles. The fourth-order valence-electron chi connectivity index (χ4n) is 2.65. The average Bonchev–Trinajstić information content (AvgIpc) is 2.76. The van der Waals surface area contributed by atoms with E-state index in [1.807, 2.05) is 24.3 Å². The Morgan fingerprint density at radius 1 is 0.871 bits per heavy atom. The first-order chi connectivity index (χ1) is 14.8. The van der Waals surface area contributed by atoms with E-state index in [1.54, 1.807) is 36.4 Å². The van der Waals surface area contributed by atoms with Gasteiger partial charge in [0.1, 0.15) is 25.2 Å². The van der Waals surface area contributed by atoms with Crippen LogP contribution in [-0.2, 0) is 32.1 Å². The zero-order valence-corrected chi connectivity index (χ0v) is 17.0. The molecule has 0 aliphatic heterocycles. The highest BCUT2D eigenvalue weighted by Crippen LogP contribution is 2.05. The predicted molar refractivity (Wildman–Crippen MR) is 112 cm³/mol. The molecular formula is C22H25N3O6. The van der Waals surface area contributed by atoms with E-state index >= 15 is 0 Å². The monoisotopic (exact) mass is 427 g/mol. The number of aliphatic carboxylic acids is 1. The van der Waals surface area contributed by atoms with Crippen molar-refractivity contribution >= 4 is 23.9 Å². The largest absolute Gasteiger partial charge is 0.480 e. The molecule has 9 heteroatoms. The molecule has 2 rings (SSSR count). The summed E-state index contributed by atoms with van der Waals surface area (Å²) in [5, 5.41) is 16.0. The van der Waals surface area contributed by atoms with Crippen molar-refractivity contribution in [3.05, 3.63) is 71.8 Å². The van der Waals surface area contributed by atoms with Gasteiger partial charge < -0.3 is 25.8 Å². The smallest absolute Gasteiger partial charge is 0.408 e. The predicted octanol–water partition coefficient (Wildman–Crippen LogP) is 1.23. The van der Waals surface area contributed by atoms with Crippen LogP contribution in [0.15, 0.2) is 60.7 Å². The molecule has 0 saturated carbocycles. The number of hydrogen-bond donors (Lipinski definition) is 4. The number of carbonyl (C=O) groups excluding carboxylic acids is 3. The molecule has 0 fully saturated rings. The van der Waals surface area contributed by atoms with E-state index in [0.29, 0.717) is 0 Å². The van der Waals surface area contributed by atoms with Crippen molar-refractivity contribution < 1.29 is 29.0 Å². The number of benzene rings is 2. The van der Waals surface area contributed by atoms with Crippen molar-refractivity contribution in [2.75, 3.05) is 6.54 Å². The van der Waals surface area contributed by atoms with Crippen molar-refractivity contribution in [1.82, 2.24) is 16.0 Å². The van der Waals surface area contributed by atoms with Crippen LogP contribution in [0.4, 0.5) is 4.79 Å². The summed E-state index contributed by atoms with van der Waals surface area (Å²) < 4.78 is 5.09. The third kappa shape index (κ3) is 8.57. The first-order valence-electron chi connectivity index (χ1n) is 9.66. The Bertz CT molecular complexity index is 889.